The topological polar surface area (TPSA) is 58.2 Å². The Morgan fingerprint density at radius 2 is 1.85 bits per heavy atom. The highest BCUT2D eigenvalue weighted by Gasteiger charge is 2.07. The third-order valence-corrected chi connectivity index (χ3v) is 5.02. The zero-order valence-electron chi connectivity index (χ0n) is 14.4. The van der Waals surface area contributed by atoms with E-state index in [9.17, 15) is 9.59 Å². The lowest BCUT2D eigenvalue weighted by Gasteiger charge is -2.08. The van der Waals surface area contributed by atoms with Gasteiger partial charge in [0.05, 0.1) is 16.5 Å². The predicted octanol–water partition coefficient (Wildman–Crippen LogP) is 5.39. The number of carbonyl (C=O) groups is 2. The molecule has 26 heavy (non-hydrogen) atoms. The van der Waals surface area contributed by atoms with E-state index in [2.05, 4.69) is 10.6 Å². The van der Waals surface area contributed by atoms with E-state index in [1.165, 1.54) is 11.8 Å². The monoisotopic (exact) mass is 410 g/mol. The summed E-state index contributed by atoms with van der Waals surface area (Å²) in [5.74, 6) is 0.874. The van der Waals surface area contributed by atoms with Crippen molar-refractivity contribution >= 4 is 58.2 Å². The van der Waals surface area contributed by atoms with Crippen LogP contribution in [0, 0.1) is 6.92 Å². The summed E-state index contributed by atoms with van der Waals surface area (Å²) in [6.07, 6.45) is 1.13. The molecular weight excluding hydrogens is 391 g/mol. The molecule has 0 spiro atoms. The number of nitrogens with one attached hydrogen (secondary N) is 2. The molecule has 0 bridgehead atoms. The van der Waals surface area contributed by atoms with Crippen LogP contribution in [-0.2, 0) is 9.59 Å². The summed E-state index contributed by atoms with van der Waals surface area (Å²) in [5.41, 5.74) is 2.45. The van der Waals surface area contributed by atoms with E-state index < -0.39 is 0 Å². The van der Waals surface area contributed by atoms with Gasteiger partial charge < -0.3 is 10.6 Å². The van der Waals surface area contributed by atoms with Crippen LogP contribution in [0.1, 0.15) is 18.4 Å². The highest BCUT2D eigenvalue weighted by Crippen LogP contribution is 2.25. The second-order valence-corrected chi connectivity index (χ2v) is 7.69. The maximum Gasteiger partial charge on any atom is 0.234 e. The molecule has 0 aliphatic rings. The van der Waals surface area contributed by atoms with Gasteiger partial charge in [0, 0.05) is 17.1 Å². The molecule has 2 amide bonds. The molecule has 2 N–H and O–H groups in total. The van der Waals surface area contributed by atoms with Gasteiger partial charge >= 0.3 is 0 Å². The number of thioether (sulfide) groups is 1. The Morgan fingerprint density at radius 1 is 1.04 bits per heavy atom. The van der Waals surface area contributed by atoms with Gasteiger partial charge in [-0.25, -0.2) is 0 Å². The molecule has 0 unspecified atom stereocenters. The van der Waals surface area contributed by atoms with E-state index in [1.54, 1.807) is 18.2 Å². The molecule has 0 atom stereocenters. The lowest BCUT2D eigenvalue weighted by atomic mass is 10.2. The van der Waals surface area contributed by atoms with Gasteiger partial charge in [-0.3, -0.25) is 9.59 Å². The normalized spacial score (nSPS) is 10.4. The lowest BCUT2D eigenvalue weighted by Crippen LogP contribution is -2.15. The third kappa shape index (κ3) is 7.28. The Labute approximate surface area is 167 Å². The summed E-state index contributed by atoms with van der Waals surface area (Å²) >= 11 is 13.3. The minimum atomic E-state index is -0.136. The van der Waals surface area contributed by atoms with E-state index in [0.29, 0.717) is 34.3 Å². The van der Waals surface area contributed by atoms with Crippen LogP contribution in [0.4, 0.5) is 11.4 Å². The van der Waals surface area contributed by atoms with Gasteiger partial charge in [0.1, 0.15) is 0 Å². The first-order valence-corrected chi connectivity index (χ1v) is 10.0. The molecule has 0 aliphatic heterocycles. The number of halogens is 2. The molecule has 0 saturated heterocycles. The lowest BCUT2D eigenvalue weighted by molar-refractivity contribution is -0.116. The molecule has 0 radical (unpaired) electrons. The number of hydrogen-bond acceptors (Lipinski definition) is 3. The molecule has 2 aromatic carbocycles. The van der Waals surface area contributed by atoms with Crippen LogP contribution in [0.5, 0.6) is 0 Å². The zero-order chi connectivity index (χ0) is 18.9. The van der Waals surface area contributed by atoms with Crippen molar-refractivity contribution in [3.05, 3.63) is 58.1 Å². The van der Waals surface area contributed by atoms with Crippen LogP contribution in [-0.4, -0.2) is 23.3 Å². The summed E-state index contributed by atoms with van der Waals surface area (Å²) in [7, 11) is 0. The van der Waals surface area contributed by atoms with Crippen LogP contribution < -0.4 is 10.6 Å². The van der Waals surface area contributed by atoms with Gasteiger partial charge in [-0.15, -0.1) is 0 Å². The summed E-state index contributed by atoms with van der Waals surface area (Å²) in [4.78, 5) is 23.8. The molecule has 2 aromatic rings. The summed E-state index contributed by atoms with van der Waals surface area (Å²) in [6.45, 7) is 1.98. The number of rotatable bonds is 8. The Kier molecular flexibility index (Phi) is 8.29. The summed E-state index contributed by atoms with van der Waals surface area (Å²) in [6, 6.07) is 12.6. The molecule has 7 heteroatoms. The molecule has 0 saturated carbocycles. The fourth-order valence-corrected chi connectivity index (χ4v) is 3.43. The number of anilines is 2. The second-order valence-electron chi connectivity index (χ2n) is 5.75. The van der Waals surface area contributed by atoms with E-state index in [-0.39, 0.29) is 11.8 Å². The van der Waals surface area contributed by atoms with Crippen molar-refractivity contribution in [2.24, 2.45) is 0 Å². The fraction of sp³-hybridized carbons (Fsp3) is 0.263. The van der Waals surface area contributed by atoms with Crippen molar-refractivity contribution < 1.29 is 9.59 Å². The molecular formula is C19H20Cl2N2O2S. The van der Waals surface area contributed by atoms with Crippen molar-refractivity contribution in [1.82, 2.24) is 0 Å². The third-order valence-electron chi connectivity index (χ3n) is 3.43. The first-order chi connectivity index (χ1) is 12.4. The number of benzene rings is 2. The summed E-state index contributed by atoms with van der Waals surface area (Å²) < 4.78 is 0. The van der Waals surface area contributed by atoms with Gasteiger partial charge in [0.25, 0.3) is 0 Å². The van der Waals surface area contributed by atoms with E-state index in [0.717, 1.165) is 17.0 Å². The van der Waals surface area contributed by atoms with Gasteiger partial charge in [-0.05, 0) is 55.0 Å². The van der Waals surface area contributed by atoms with Gasteiger partial charge in [0.2, 0.25) is 11.8 Å². The van der Waals surface area contributed by atoms with Crippen molar-refractivity contribution in [2.45, 2.75) is 19.8 Å². The van der Waals surface area contributed by atoms with Crippen molar-refractivity contribution in [3.8, 4) is 0 Å². The van der Waals surface area contributed by atoms with Gasteiger partial charge in [0.15, 0.2) is 0 Å². The smallest absolute Gasteiger partial charge is 0.234 e. The van der Waals surface area contributed by atoms with Crippen LogP contribution in [0.2, 0.25) is 10.0 Å². The van der Waals surface area contributed by atoms with Gasteiger partial charge in [-0.2, -0.15) is 11.8 Å². The SMILES string of the molecule is Cc1cccc(NC(=O)CCCSCC(=O)Nc2ccc(Cl)cc2Cl)c1. The first kappa shape index (κ1) is 20.6. The highest BCUT2D eigenvalue weighted by molar-refractivity contribution is 7.99. The number of amides is 2. The number of hydrogen-bond donors (Lipinski definition) is 2. The quantitative estimate of drug-likeness (QED) is 0.573. The molecule has 4 nitrogen and oxygen atoms in total. The Morgan fingerprint density at radius 3 is 2.58 bits per heavy atom. The maximum atomic E-state index is 11.9. The molecule has 0 aromatic heterocycles. The first-order valence-electron chi connectivity index (χ1n) is 8.13. The standard InChI is InChI=1S/C19H20Cl2N2O2S/c1-13-4-2-5-15(10-13)22-18(24)6-3-9-26-12-19(25)23-17-8-7-14(20)11-16(17)21/h2,4-5,7-8,10-11H,3,6,9,12H2,1H3,(H,22,24)(H,23,25). The minimum Gasteiger partial charge on any atom is -0.326 e. The minimum absolute atomic E-state index is 0.0198. The molecule has 2 rings (SSSR count). The van der Waals surface area contributed by atoms with Crippen molar-refractivity contribution in [2.75, 3.05) is 22.1 Å². The Hall–Kier alpha value is -1.69. The van der Waals surface area contributed by atoms with Crippen LogP contribution in [0.25, 0.3) is 0 Å². The number of carbonyl (C=O) groups excluding carboxylic acids is 2. The van der Waals surface area contributed by atoms with E-state index in [1.807, 2.05) is 31.2 Å². The second kappa shape index (κ2) is 10.5. The van der Waals surface area contributed by atoms with E-state index in [4.69, 9.17) is 23.2 Å². The molecule has 0 heterocycles. The average molecular weight is 411 g/mol. The van der Waals surface area contributed by atoms with Crippen LogP contribution in [0.3, 0.4) is 0 Å². The van der Waals surface area contributed by atoms with E-state index >= 15 is 0 Å². The Bertz CT molecular complexity index is 784. The van der Waals surface area contributed by atoms with Crippen LogP contribution >= 0.6 is 35.0 Å². The predicted molar refractivity (Wildman–Crippen MR) is 111 cm³/mol. The average Bonchev–Trinajstić information content (AvgIpc) is 2.57. The fourth-order valence-electron chi connectivity index (χ4n) is 2.22. The molecule has 0 aliphatic carbocycles. The van der Waals surface area contributed by atoms with Crippen molar-refractivity contribution in [1.29, 1.82) is 0 Å². The van der Waals surface area contributed by atoms with Gasteiger partial charge in [-0.1, -0.05) is 35.3 Å². The van der Waals surface area contributed by atoms with Crippen molar-refractivity contribution in [3.63, 3.8) is 0 Å². The summed E-state index contributed by atoms with van der Waals surface area (Å²) in [5, 5.41) is 6.54. The molecule has 138 valence electrons. The maximum absolute atomic E-state index is 11.9. The largest absolute Gasteiger partial charge is 0.326 e. The van der Waals surface area contributed by atoms with Crippen LogP contribution in [0.15, 0.2) is 42.5 Å². The number of aryl methyl sites for hydroxylation is 1. The zero-order valence-corrected chi connectivity index (χ0v) is 16.7. The molecule has 0 fully saturated rings. The highest BCUT2D eigenvalue weighted by atomic mass is 35.5. The Balaban J connectivity index is 1.62.